The Labute approximate surface area is 110 Å². The maximum atomic E-state index is 13.1. The summed E-state index contributed by atoms with van der Waals surface area (Å²) < 4.78 is 13.9. The van der Waals surface area contributed by atoms with Crippen LogP contribution in [0.1, 0.15) is 17.3 Å². The fraction of sp³-hybridized carbons (Fsp3) is 0.200. The molecule has 6 heteroatoms. The monoisotopic (exact) mass is 320 g/mol. The molecule has 0 aliphatic carbocycles. The van der Waals surface area contributed by atoms with Crippen molar-refractivity contribution in [2.24, 2.45) is 0 Å². The highest BCUT2D eigenvalue weighted by Gasteiger charge is 2.13. The molecule has 0 aliphatic heterocycles. The lowest BCUT2D eigenvalue weighted by Gasteiger charge is -1.99. The van der Waals surface area contributed by atoms with Gasteiger partial charge in [0.1, 0.15) is 15.8 Å². The SMILES string of the molecule is CC(Cl)c1nnc(-c2cc(F)ccc2Br)s1. The molecule has 0 fully saturated rings. The van der Waals surface area contributed by atoms with E-state index in [2.05, 4.69) is 26.1 Å². The van der Waals surface area contributed by atoms with E-state index in [1.54, 1.807) is 6.07 Å². The summed E-state index contributed by atoms with van der Waals surface area (Å²) in [5.74, 6) is -0.297. The van der Waals surface area contributed by atoms with E-state index in [0.717, 1.165) is 9.48 Å². The number of hydrogen-bond acceptors (Lipinski definition) is 3. The summed E-state index contributed by atoms with van der Waals surface area (Å²) in [6, 6.07) is 4.46. The number of benzene rings is 1. The van der Waals surface area contributed by atoms with E-state index in [4.69, 9.17) is 11.6 Å². The maximum Gasteiger partial charge on any atom is 0.149 e. The first-order valence-corrected chi connectivity index (χ1v) is 6.55. The molecule has 0 bridgehead atoms. The van der Waals surface area contributed by atoms with Gasteiger partial charge in [0.05, 0.1) is 5.38 Å². The van der Waals surface area contributed by atoms with E-state index >= 15 is 0 Å². The van der Waals surface area contributed by atoms with Crippen LogP contribution >= 0.6 is 38.9 Å². The van der Waals surface area contributed by atoms with E-state index in [1.807, 2.05) is 6.92 Å². The van der Waals surface area contributed by atoms with Crippen molar-refractivity contribution in [3.05, 3.63) is 33.5 Å². The van der Waals surface area contributed by atoms with Crippen LogP contribution in [0.5, 0.6) is 0 Å². The van der Waals surface area contributed by atoms with E-state index in [0.29, 0.717) is 10.6 Å². The Kier molecular flexibility index (Phi) is 3.56. The fourth-order valence-electron chi connectivity index (χ4n) is 1.17. The van der Waals surface area contributed by atoms with Gasteiger partial charge in [-0.1, -0.05) is 27.3 Å². The van der Waals surface area contributed by atoms with Crippen LogP contribution < -0.4 is 0 Å². The third kappa shape index (κ3) is 2.42. The lowest BCUT2D eigenvalue weighted by atomic mass is 10.2. The van der Waals surface area contributed by atoms with Crippen LogP contribution in [0.3, 0.4) is 0 Å². The van der Waals surface area contributed by atoms with Crippen molar-refractivity contribution >= 4 is 38.9 Å². The maximum absolute atomic E-state index is 13.1. The summed E-state index contributed by atoms with van der Waals surface area (Å²) in [5.41, 5.74) is 0.695. The smallest absolute Gasteiger partial charge is 0.149 e. The highest BCUT2D eigenvalue weighted by atomic mass is 79.9. The van der Waals surface area contributed by atoms with Crippen molar-refractivity contribution in [2.75, 3.05) is 0 Å². The summed E-state index contributed by atoms with van der Waals surface area (Å²) in [4.78, 5) is 0. The van der Waals surface area contributed by atoms with Crippen LogP contribution in [-0.2, 0) is 0 Å². The van der Waals surface area contributed by atoms with Crippen LogP contribution in [0, 0.1) is 5.82 Å². The average Bonchev–Trinajstić information content (AvgIpc) is 2.70. The molecule has 1 aromatic carbocycles. The highest BCUT2D eigenvalue weighted by molar-refractivity contribution is 9.10. The van der Waals surface area contributed by atoms with Gasteiger partial charge < -0.3 is 0 Å². The van der Waals surface area contributed by atoms with Crippen LogP contribution in [0.15, 0.2) is 22.7 Å². The van der Waals surface area contributed by atoms with E-state index in [9.17, 15) is 4.39 Å². The minimum atomic E-state index is -0.297. The van der Waals surface area contributed by atoms with Gasteiger partial charge in [-0.2, -0.15) is 0 Å². The van der Waals surface area contributed by atoms with Crippen molar-refractivity contribution in [1.29, 1.82) is 0 Å². The van der Waals surface area contributed by atoms with Crippen LogP contribution in [0.2, 0.25) is 0 Å². The number of hydrogen-bond donors (Lipinski definition) is 0. The van der Waals surface area contributed by atoms with Gasteiger partial charge in [0.15, 0.2) is 0 Å². The molecule has 0 aliphatic rings. The Morgan fingerprint density at radius 3 is 2.81 bits per heavy atom. The van der Waals surface area contributed by atoms with Gasteiger partial charge in [-0.15, -0.1) is 21.8 Å². The van der Waals surface area contributed by atoms with Gasteiger partial charge in [-0.3, -0.25) is 0 Å². The number of halogens is 3. The van der Waals surface area contributed by atoms with Gasteiger partial charge in [-0.25, -0.2) is 4.39 Å². The lowest BCUT2D eigenvalue weighted by Crippen LogP contribution is -1.82. The fourth-order valence-corrected chi connectivity index (χ4v) is 2.71. The number of aromatic nitrogens is 2. The van der Waals surface area contributed by atoms with E-state index < -0.39 is 0 Å². The number of rotatable bonds is 2. The Bertz CT molecular complexity index is 515. The van der Waals surface area contributed by atoms with Crippen molar-refractivity contribution in [3.63, 3.8) is 0 Å². The third-order valence-electron chi connectivity index (χ3n) is 1.94. The molecule has 1 unspecified atom stereocenters. The molecule has 1 aromatic heterocycles. The molecule has 0 amide bonds. The first kappa shape index (κ1) is 12.0. The normalized spacial score (nSPS) is 12.8. The average molecular weight is 322 g/mol. The predicted molar refractivity (Wildman–Crippen MR) is 67.3 cm³/mol. The molecule has 2 aromatic rings. The molecule has 0 spiro atoms. The molecular formula is C10H7BrClFN2S. The van der Waals surface area contributed by atoms with Gasteiger partial charge in [0.25, 0.3) is 0 Å². The zero-order valence-electron chi connectivity index (χ0n) is 8.25. The standard InChI is InChI=1S/C10H7BrClFN2S/c1-5(12)9-14-15-10(16-9)7-4-6(13)2-3-8(7)11/h2-5H,1H3. The summed E-state index contributed by atoms with van der Waals surface area (Å²) in [5, 5.41) is 9.16. The van der Waals surface area contributed by atoms with Crippen molar-refractivity contribution in [1.82, 2.24) is 10.2 Å². The van der Waals surface area contributed by atoms with Crippen LogP contribution in [0.25, 0.3) is 10.6 Å². The molecular weight excluding hydrogens is 315 g/mol. The largest absolute Gasteiger partial charge is 0.207 e. The highest BCUT2D eigenvalue weighted by Crippen LogP contribution is 2.33. The minimum absolute atomic E-state index is 0.182. The molecule has 0 radical (unpaired) electrons. The zero-order valence-corrected chi connectivity index (χ0v) is 11.4. The molecule has 1 heterocycles. The van der Waals surface area contributed by atoms with Gasteiger partial charge >= 0.3 is 0 Å². The first-order chi connectivity index (χ1) is 7.58. The second kappa shape index (κ2) is 4.77. The summed E-state index contributed by atoms with van der Waals surface area (Å²) in [6.45, 7) is 1.83. The quantitative estimate of drug-likeness (QED) is 0.766. The third-order valence-corrected chi connectivity index (χ3v) is 4.11. The predicted octanol–water partition coefficient (Wildman–Crippen LogP) is 4.41. The molecule has 84 valence electrons. The molecule has 0 N–H and O–H groups in total. The molecule has 1 atom stereocenters. The molecule has 2 rings (SSSR count). The van der Waals surface area contributed by atoms with Gasteiger partial charge in [0, 0.05) is 10.0 Å². The Morgan fingerprint density at radius 2 is 2.19 bits per heavy atom. The van der Waals surface area contributed by atoms with Gasteiger partial charge in [0.2, 0.25) is 0 Å². The molecule has 0 saturated carbocycles. The Hall–Kier alpha value is -0.520. The molecule has 16 heavy (non-hydrogen) atoms. The van der Waals surface area contributed by atoms with Crippen molar-refractivity contribution in [3.8, 4) is 10.6 Å². The number of nitrogens with zero attached hydrogens (tertiary/aromatic N) is 2. The van der Waals surface area contributed by atoms with Crippen molar-refractivity contribution < 1.29 is 4.39 Å². The first-order valence-electron chi connectivity index (χ1n) is 4.51. The van der Waals surface area contributed by atoms with E-state index in [1.165, 1.54) is 23.5 Å². The topological polar surface area (TPSA) is 25.8 Å². The lowest BCUT2D eigenvalue weighted by molar-refractivity contribution is 0.628. The summed E-state index contributed by atoms with van der Waals surface area (Å²) in [7, 11) is 0. The Balaban J connectivity index is 2.46. The molecule has 2 nitrogen and oxygen atoms in total. The minimum Gasteiger partial charge on any atom is -0.207 e. The van der Waals surface area contributed by atoms with E-state index in [-0.39, 0.29) is 11.2 Å². The Morgan fingerprint density at radius 1 is 1.44 bits per heavy atom. The molecule has 0 saturated heterocycles. The van der Waals surface area contributed by atoms with Gasteiger partial charge in [-0.05, 0) is 25.1 Å². The summed E-state index contributed by atoms with van der Waals surface area (Å²) in [6.07, 6.45) is 0. The second-order valence-corrected chi connectivity index (χ2v) is 5.70. The second-order valence-electron chi connectivity index (χ2n) is 3.19. The van der Waals surface area contributed by atoms with Crippen molar-refractivity contribution in [2.45, 2.75) is 12.3 Å². The zero-order chi connectivity index (χ0) is 11.7. The number of alkyl halides is 1. The van der Waals surface area contributed by atoms with Crippen LogP contribution in [-0.4, -0.2) is 10.2 Å². The van der Waals surface area contributed by atoms with Crippen LogP contribution in [0.4, 0.5) is 4.39 Å². The summed E-state index contributed by atoms with van der Waals surface area (Å²) >= 11 is 10.6.